The average molecular weight is 481 g/mol. The SMILES string of the molecule is O=C(O)COCCNC(=O)C1CCCC(CNC(=O)OCC2c3ccccc3-c3ccccc32)C1. The summed E-state index contributed by atoms with van der Waals surface area (Å²) in [7, 11) is 0. The molecule has 2 aromatic carbocycles. The van der Waals surface area contributed by atoms with E-state index in [1.54, 1.807) is 0 Å². The molecule has 2 atom stereocenters. The van der Waals surface area contributed by atoms with E-state index in [0.717, 1.165) is 19.3 Å². The van der Waals surface area contributed by atoms with E-state index in [-0.39, 0.29) is 50.0 Å². The molecule has 0 heterocycles. The Morgan fingerprint density at radius 3 is 2.31 bits per heavy atom. The summed E-state index contributed by atoms with van der Waals surface area (Å²) in [5.41, 5.74) is 4.74. The van der Waals surface area contributed by atoms with Gasteiger partial charge in [0, 0.05) is 24.9 Å². The van der Waals surface area contributed by atoms with E-state index in [4.69, 9.17) is 14.6 Å². The third-order valence-electron chi connectivity index (χ3n) is 6.80. The quantitative estimate of drug-likeness (QED) is 0.448. The highest BCUT2D eigenvalue weighted by atomic mass is 16.5. The molecule has 0 aromatic heterocycles. The van der Waals surface area contributed by atoms with Gasteiger partial charge in [0.15, 0.2) is 0 Å². The summed E-state index contributed by atoms with van der Waals surface area (Å²) in [6.07, 6.45) is 2.95. The molecular weight excluding hydrogens is 448 g/mol. The summed E-state index contributed by atoms with van der Waals surface area (Å²) in [4.78, 5) is 35.3. The van der Waals surface area contributed by atoms with Gasteiger partial charge in [0.1, 0.15) is 13.2 Å². The van der Waals surface area contributed by atoms with Crippen LogP contribution in [0.1, 0.15) is 42.7 Å². The first-order chi connectivity index (χ1) is 17.0. The highest BCUT2D eigenvalue weighted by molar-refractivity contribution is 5.79. The number of hydrogen-bond acceptors (Lipinski definition) is 5. The molecule has 2 aromatic rings. The van der Waals surface area contributed by atoms with Crippen molar-refractivity contribution in [3.05, 3.63) is 59.7 Å². The zero-order valence-electron chi connectivity index (χ0n) is 19.7. The predicted octanol–water partition coefficient (Wildman–Crippen LogP) is 3.55. The minimum Gasteiger partial charge on any atom is -0.480 e. The van der Waals surface area contributed by atoms with E-state index in [0.29, 0.717) is 13.0 Å². The number of carbonyl (C=O) groups excluding carboxylic acids is 2. The topological polar surface area (TPSA) is 114 Å². The number of amides is 2. The second kappa shape index (κ2) is 11.8. The van der Waals surface area contributed by atoms with Crippen molar-refractivity contribution in [3.63, 3.8) is 0 Å². The number of carbonyl (C=O) groups is 3. The van der Waals surface area contributed by atoms with Crippen molar-refractivity contribution < 1.29 is 29.0 Å². The summed E-state index contributed by atoms with van der Waals surface area (Å²) >= 11 is 0. The number of ether oxygens (including phenoxy) is 2. The van der Waals surface area contributed by atoms with Gasteiger partial charge in [0.05, 0.1) is 6.61 Å². The molecule has 2 aliphatic carbocycles. The van der Waals surface area contributed by atoms with Gasteiger partial charge >= 0.3 is 12.1 Å². The van der Waals surface area contributed by atoms with Crippen molar-refractivity contribution in [2.45, 2.75) is 31.6 Å². The van der Waals surface area contributed by atoms with Gasteiger partial charge in [-0.15, -0.1) is 0 Å². The third kappa shape index (κ3) is 6.39. The fourth-order valence-electron chi connectivity index (χ4n) is 5.14. The maximum atomic E-state index is 12.5. The van der Waals surface area contributed by atoms with Crippen LogP contribution in [0.15, 0.2) is 48.5 Å². The van der Waals surface area contributed by atoms with Crippen LogP contribution in [-0.2, 0) is 19.1 Å². The second-order valence-corrected chi connectivity index (χ2v) is 9.17. The highest BCUT2D eigenvalue weighted by Gasteiger charge is 2.30. The summed E-state index contributed by atoms with van der Waals surface area (Å²) in [6.45, 7) is 0.827. The van der Waals surface area contributed by atoms with Gasteiger partial charge in [-0.2, -0.15) is 0 Å². The first-order valence-electron chi connectivity index (χ1n) is 12.2. The number of alkyl carbamates (subject to hydrolysis) is 1. The Bertz CT molecular complexity index is 1010. The van der Waals surface area contributed by atoms with Crippen molar-refractivity contribution >= 4 is 18.0 Å². The number of aliphatic carboxylic acids is 1. The van der Waals surface area contributed by atoms with Crippen LogP contribution < -0.4 is 10.6 Å². The molecule has 0 saturated heterocycles. The number of nitrogens with one attached hydrogen (secondary N) is 2. The normalized spacial score (nSPS) is 18.9. The minimum absolute atomic E-state index is 0.0235. The number of hydrogen-bond donors (Lipinski definition) is 3. The lowest BCUT2D eigenvalue weighted by Crippen LogP contribution is -2.38. The van der Waals surface area contributed by atoms with Crippen LogP contribution >= 0.6 is 0 Å². The molecule has 1 fully saturated rings. The molecule has 8 heteroatoms. The van der Waals surface area contributed by atoms with Crippen LogP contribution in [0.5, 0.6) is 0 Å². The third-order valence-corrected chi connectivity index (χ3v) is 6.80. The number of carboxylic acid groups (broad SMARTS) is 1. The van der Waals surface area contributed by atoms with Gasteiger partial charge in [-0.05, 0) is 47.4 Å². The Hall–Kier alpha value is -3.39. The first-order valence-corrected chi connectivity index (χ1v) is 12.2. The predicted molar refractivity (Wildman–Crippen MR) is 130 cm³/mol. The molecule has 2 amide bonds. The molecule has 0 spiro atoms. The van der Waals surface area contributed by atoms with Crippen molar-refractivity contribution in [2.75, 3.05) is 32.9 Å². The summed E-state index contributed by atoms with van der Waals surface area (Å²) in [5, 5.41) is 14.3. The molecule has 4 rings (SSSR count). The zero-order chi connectivity index (χ0) is 24.6. The summed E-state index contributed by atoms with van der Waals surface area (Å²) in [5.74, 6) is -0.957. The smallest absolute Gasteiger partial charge is 0.407 e. The molecule has 186 valence electrons. The Morgan fingerprint density at radius 2 is 1.63 bits per heavy atom. The van der Waals surface area contributed by atoms with Crippen molar-refractivity contribution in [1.82, 2.24) is 10.6 Å². The number of carboxylic acids is 1. The summed E-state index contributed by atoms with van der Waals surface area (Å²) < 4.78 is 10.6. The standard InChI is InChI=1S/C27H32N2O6/c30-25(31)17-34-13-12-28-26(32)19-7-5-6-18(14-19)15-29-27(33)35-16-24-22-10-3-1-8-20(22)21-9-2-4-11-23(21)24/h1-4,8-11,18-19,24H,5-7,12-17H2,(H,28,32)(H,29,33)(H,30,31). The van der Waals surface area contributed by atoms with Crippen LogP contribution in [0.25, 0.3) is 11.1 Å². The lowest BCUT2D eigenvalue weighted by atomic mass is 9.81. The van der Waals surface area contributed by atoms with E-state index >= 15 is 0 Å². The van der Waals surface area contributed by atoms with Gasteiger partial charge in [-0.3, -0.25) is 4.79 Å². The molecule has 2 unspecified atom stereocenters. The van der Waals surface area contributed by atoms with E-state index in [9.17, 15) is 14.4 Å². The average Bonchev–Trinajstić information content (AvgIpc) is 3.19. The lowest BCUT2D eigenvalue weighted by molar-refractivity contribution is -0.142. The van der Waals surface area contributed by atoms with Crippen LogP contribution in [0, 0.1) is 11.8 Å². The van der Waals surface area contributed by atoms with Crippen molar-refractivity contribution in [3.8, 4) is 11.1 Å². The molecule has 1 saturated carbocycles. The monoisotopic (exact) mass is 480 g/mol. The maximum Gasteiger partial charge on any atom is 0.407 e. The number of benzene rings is 2. The van der Waals surface area contributed by atoms with Gasteiger partial charge in [0.25, 0.3) is 0 Å². The molecule has 0 bridgehead atoms. The van der Waals surface area contributed by atoms with Gasteiger partial charge in [0.2, 0.25) is 5.91 Å². The zero-order valence-corrected chi connectivity index (χ0v) is 19.7. The molecule has 0 aliphatic heterocycles. The number of rotatable bonds is 10. The highest BCUT2D eigenvalue weighted by Crippen LogP contribution is 2.44. The van der Waals surface area contributed by atoms with Crippen molar-refractivity contribution in [1.29, 1.82) is 0 Å². The van der Waals surface area contributed by atoms with Gasteiger partial charge in [-0.1, -0.05) is 55.0 Å². The van der Waals surface area contributed by atoms with E-state index in [1.165, 1.54) is 22.3 Å². The molecular formula is C27H32N2O6. The Balaban J connectivity index is 1.20. The van der Waals surface area contributed by atoms with Gasteiger partial charge in [-0.25, -0.2) is 9.59 Å². The minimum atomic E-state index is -1.03. The van der Waals surface area contributed by atoms with Gasteiger partial charge < -0.3 is 25.2 Å². The molecule has 0 radical (unpaired) electrons. The van der Waals surface area contributed by atoms with Crippen LogP contribution in [0.4, 0.5) is 4.79 Å². The van der Waals surface area contributed by atoms with Crippen molar-refractivity contribution in [2.24, 2.45) is 11.8 Å². The Labute approximate surface area is 205 Å². The largest absolute Gasteiger partial charge is 0.480 e. The van der Waals surface area contributed by atoms with Crippen LogP contribution in [0.2, 0.25) is 0 Å². The number of fused-ring (bicyclic) bond motifs is 3. The molecule has 35 heavy (non-hydrogen) atoms. The first kappa shape index (κ1) is 24.7. The fraction of sp³-hybridized carbons (Fsp3) is 0.444. The van der Waals surface area contributed by atoms with E-state index in [2.05, 4.69) is 34.9 Å². The Morgan fingerprint density at radius 1 is 0.943 bits per heavy atom. The van der Waals surface area contributed by atoms with Crippen LogP contribution in [-0.4, -0.2) is 56.0 Å². The lowest BCUT2D eigenvalue weighted by Gasteiger charge is -2.28. The van der Waals surface area contributed by atoms with E-state index in [1.807, 2.05) is 24.3 Å². The second-order valence-electron chi connectivity index (χ2n) is 9.17. The van der Waals surface area contributed by atoms with E-state index < -0.39 is 12.1 Å². The fourth-order valence-corrected chi connectivity index (χ4v) is 5.14. The molecule has 2 aliphatic rings. The Kier molecular flexibility index (Phi) is 8.36. The molecule has 8 nitrogen and oxygen atoms in total. The van der Waals surface area contributed by atoms with Crippen LogP contribution in [0.3, 0.4) is 0 Å². The maximum absolute atomic E-state index is 12.5. The molecule has 3 N–H and O–H groups in total. The summed E-state index contributed by atoms with van der Waals surface area (Å²) in [6, 6.07) is 16.5.